The van der Waals surface area contributed by atoms with Crippen LogP contribution in [0.1, 0.15) is 21.8 Å². The molecular weight excluding hydrogens is 406 g/mol. The minimum absolute atomic E-state index is 0.0296. The second-order valence-corrected chi connectivity index (χ2v) is 8.32. The van der Waals surface area contributed by atoms with Gasteiger partial charge in [-0.1, -0.05) is 33.6 Å². The topological polar surface area (TPSA) is 117 Å². The molecule has 158 valence electrons. The van der Waals surface area contributed by atoms with E-state index >= 15 is 0 Å². The van der Waals surface area contributed by atoms with E-state index in [1.165, 1.54) is 6.92 Å². The number of nitrogens with one attached hydrogen (secondary N) is 2. The lowest BCUT2D eigenvalue weighted by molar-refractivity contribution is 0.0954. The summed E-state index contributed by atoms with van der Waals surface area (Å²) in [7, 11) is -2.14. The number of ether oxygens (including phenoxy) is 1. The molecular formula is C21H23N3O5S. The van der Waals surface area contributed by atoms with Crippen LogP contribution in [-0.2, 0) is 14.6 Å². The Morgan fingerprint density at radius 2 is 1.87 bits per heavy atom. The van der Waals surface area contributed by atoms with Crippen molar-refractivity contribution in [3.05, 3.63) is 65.5 Å². The Morgan fingerprint density at radius 1 is 1.13 bits per heavy atom. The van der Waals surface area contributed by atoms with Crippen LogP contribution >= 0.6 is 0 Å². The molecule has 1 amide bonds. The van der Waals surface area contributed by atoms with Gasteiger partial charge in [-0.25, -0.2) is 0 Å². The van der Waals surface area contributed by atoms with Crippen molar-refractivity contribution in [2.24, 2.45) is 0 Å². The van der Waals surface area contributed by atoms with Crippen molar-refractivity contribution in [3.8, 4) is 16.9 Å². The predicted octanol–water partition coefficient (Wildman–Crippen LogP) is 2.89. The second-order valence-electron chi connectivity index (χ2n) is 6.62. The highest BCUT2D eigenvalue weighted by molar-refractivity contribution is 7.95. The summed E-state index contributed by atoms with van der Waals surface area (Å²) in [6, 6.07) is 14.8. The van der Waals surface area contributed by atoms with Crippen LogP contribution in [0.2, 0.25) is 0 Å². The average Bonchev–Trinajstić information content (AvgIpc) is 3.10. The number of carbonyl (C=O) groups is 1. The summed E-state index contributed by atoms with van der Waals surface area (Å²) in [5.74, 6) is 0.692. The first-order valence-corrected chi connectivity index (χ1v) is 10.8. The molecule has 3 rings (SSSR count). The molecule has 1 atom stereocenters. The fraction of sp³-hybridized carbons (Fsp3) is 0.238. The number of aromatic nitrogens is 1. The third-order valence-electron chi connectivity index (χ3n) is 4.49. The zero-order valence-electron chi connectivity index (χ0n) is 16.9. The highest BCUT2D eigenvalue weighted by Crippen LogP contribution is 2.24. The van der Waals surface area contributed by atoms with Crippen LogP contribution in [0.4, 0.5) is 0 Å². The Kier molecular flexibility index (Phi) is 6.66. The monoisotopic (exact) mass is 429 g/mol. The van der Waals surface area contributed by atoms with Crippen molar-refractivity contribution in [1.29, 1.82) is 0 Å². The lowest BCUT2D eigenvalue weighted by Crippen LogP contribution is -2.38. The van der Waals surface area contributed by atoms with E-state index < -0.39 is 10.4 Å². The van der Waals surface area contributed by atoms with Gasteiger partial charge in [0.25, 0.3) is 5.91 Å². The van der Waals surface area contributed by atoms with Crippen LogP contribution in [0.25, 0.3) is 11.1 Å². The molecule has 9 heteroatoms. The summed E-state index contributed by atoms with van der Waals surface area (Å²) in [6.45, 7) is 3.27. The van der Waals surface area contributed by atoms with Gasteiger partial charge in [-0.05, 0) is 42.3 Å². The molecule has 3 aromatic rings. The minimum Gasteiger partial charge on any atom is -0.593 e. The maximum Gasteiger partial charge on any atom is 0.251 e. The van der Waals surface area contributed by atoms with Crippen LogP contribution in [0.15, 0.2) is 57.9 Å². The van der Waals surface area contributed by atoms with Crippen molar-refractivity contribution >= 4 is 16.3 Å². The molecule has 0 aliphatic carbocycles. The van der Waals surface area contributed by atoms with Gasteiger partial charge in [0.15, 0.2) is 16.2 Å². The first-order chi connectivity index (χ1) is 14.3. The number of methoxy groups -OCH3 is 1. The Bertz CT molecular complexity index is 1060. The van der Waals surface area contributed by atoms with Crippen molar-refractivity contribution in [2.45, 2.75) is 18.7 Å². The van der Waals surface area contributed by atoms with Gasteiger partial charge in [-0.2, -0.15) is 0 Å². The lowest BCUT2D eigenvalue weighted by atomic mass is 10.0. The number of nitrogens with zero attached hydrogens (tertiary/aromatic N) is 1. The Labute approximate surface area is 176 Å². The van der Waals surface area contributed by atoms with E-state index in [0.29, 0.717) is 11.3 Å². The predicted molar refractivity (Wildman–Crippen MR) is 112 cm³/mol. The third-order valence-corrected chi connectivity index (χ3v) is 6.19. The maximum atomic E-state index is 12.3. The normalized spacial score (nSPS) is 12.9. The quantitative estimate of drug-likeness (QED) is 0.420. The SMILES string of the molecule is COc1cccc(-c2ccc(C(=O)NCCN[S+](=O)([O-])c3c(C)noc3C)cc2)c1. The smallest absolute Gasteiger partial charge is 0.251 e. The van der Waals surface area contributed by atoms with Crippen LogP contribution in [-0.4, -0.2) is 35.8 Å². The molecule has 1 unspecified atom stereocenters. The standard InChI is InChI=1S/C21H23N3O5S/c1-14-20(15(2)29-24-14)30(26,27)23-12-11-22-21(25)17-9-7-16(8-10-17)18-5-4-6-19(13-18)28-3/h4-10,13H,11-12H2,1-3H3,(H2-,22,23,25,26,27). The number of amides is 1. The number of hydrogen-bond acceptors (Lipinski definition) is 6. The molecule has 0 saturated heterocycles. The molecule has 1 aromatic heterocycles. The highest BCUT2D eigenvalue weighted by Gasteiger charge is 2.29. The van der Waals surface area contributed by atoms with Gasteiger partial charge in [-0.3, -0.25) is 4.79 Å². The molecule has 0 aliphatic rings. The van der Waals surface area contributed by atoms with E-state index in [9.17, 15) is 13.6 Å². The summed E-state index contributed by atoms with van der Waals surface area (Å²) in [5, 5.41) is 6.34. The van der Waals surface area contributed by atoms with Gasteiger partial charge < -0.3 is 19.1 Å². The van der Waals surface area contributed by atoms with E-state index in [1.807, 2.05) is 36.4 Å². The molecule has 8 nitrogen and oxygen atoms in total. The molecule has 0 aliphatic heterocycles. The van der Waals surface area contributed by atoms with E-state index in [2.05, 4.69) is 15.2 Å². The van der Waals surface area contributed by atoms with Crippen LogP contribution in [0.3, 0.4) is 0 Å². The molecule has 0 saturated carbocycles. The summed E-state index contributed by atoms with van der Waals surface area (Å²) in [4.78, 5) is 12.4. The largest absolute Gasteiger partial charge is 0.593 e. The molecule has 0 fully saturated rings. The molecule has 30 heavy (non-hydrogen) atoms. The van der Waals surface area contributed by atoms with Crippen LogP contribution < -0.4 is 14.8 Å². The zero-order valence-corrected chi connectivity index (χ0v) is 17.7. The van der Waals surface area contributed by atoms with E-state index in [1.54, 1.807) is 26.2 Å². The second kappa shape index (κ2) is 9.21. The van der Waals surface area contributed by atoms with Gasteiger partial charge in [0.1, 0.15) is 11.4 Å². The number of rotatable bonds is 8. The van der Waals surface area contributed by atoms with Gasteiger partial charge >= 0.3 is 0 Å². The summed E-state index contributed by atoms with van der Waals surface area (Å²) in [5.41, 5.74) is 2.71. The highest BCUT2D eigenvalue weighted by atomic mass is 32.3. The van der Waals surface area contributed by atoms with Crippen molar-refractivity contribution in [3.63, 3.8) is 0 Å². The Morgan fingerprint density at radius 3 is 2.50 bits per heavy atom. The molecule has 2 aromatic carbocycles. The molecule has 0 spiro atoms. The van der Waals surface area contributed by atoms with Crippen molar-refractivity contribution in [2.75, 3.05) is 20.2 Å². The first kappa shape index (κ1) is 21.7. The average molecular weight is 429 g/mol. The summed E-state index contributed by atoms with van der Waals surface area (Å²) in [6.07, 6.45) is 0. The van der Waals surface area contributed by atoms with Gasteiger partial charge in [0, 0.05) is 19.0 Å². The molecule has 1 heterocycles. The van der Waals surface area contributed by atoms with Gasteiger partial charge in [0.2, 0.25) is 4.90 Å². The first-order valence-electron chi connectivity index (χ1n) is 9.27. The number of carbonyl (C=O) groups excluding carboxylic acids is 1. The summed E-state index contributed by atoms with van der Waals surface area (Å²) >= 11 is 0. The van der Waals surface area contributed by atoms with Crippen LogP contribution in [0.5, 0.6) is 5.75 Å². The molecule has 0 radical (unpaired) electrons. The number of sulfonamides is 1. The Hall–Kier alpha value is -3.01. The fourth-order valence-electron chi connectivity index (χ4n) is 3.01. The van der Waals surface area contributed by atoms with E-state index in [-0.39, 0.29) is 29.7 Å². The number of aryl methyl sites for hydroxylation is 2. The van der Waals surface area contributed by atoms with Gasteiger partial charge in [0.05, 0.1) is 13.7 Å². The van der Waals surface area contributed by atoms with Crippen molar-refractivity contribution in [1.82, 2.24) is 15.2 Å². The van der Waals surface area contributed by atoms with Crippen LogP contribution in [0, 0.1) is 13.8 Å². The zero-order chi connectivity index (χ0) is 21.7. The number of benzene rings is 2. The van der Waals surface area contributed by atoms with E-state index in [0.717, 1.165) is 16.9 Å². The number of hydrogen-bond donors (Lipinski definition) is 2. The third kappa shape index (κ3) is 4.93. The van der Waals surface area contributed by atoms with E-state index in [4.69, 9.17) is 9.26 Å². The Balaban J connectivity index is 1.54. The van der Waals surface area contributed by atoms with Gasteiger partial charge in [-0.15, -0.1) is 4.72 Å². The lowest BCUT2D eigenvalue weighted by Gasteiger charge is -2.14. The van der Waals surface area contributed by atoms with Crippen molar-refractivity contribution < 1.29 is 22.8 Å². The fourth-order valence-corrected chi connectivity index (χ4v) is 4.37. The molecule has 0 bridgehead atoms. The molecule has 2 N–H and O–H groups in total. The summed E-state index contributed by atoms with van der Waals surface area (Å²) < 4.78 is 37.2. The maximum absolute atomic E-state index is 12.3. The minimum atomic E-state index is -3.75.